The van der Waals surface area contributed by atoms with E-state index in [4.69, 9.17) is 67.3 Å². The van der Waals surface area contributed by atoms with Crippen molar-refractivity contribution in [2.45, 2.75) is 248 Å². The molecule has 0 spiro atoms. The van der Waals surface area contributed by atoms with E-state index in [-0.39, 0.29) is 66.7 Å². The Labute approximate surface area is 457 Å². The van der Waals surface area contributed by atoms with Crippen LogP contribution in [-0.2, 0) is 77.6 Å². The Morgan fingerprint density at radius 2 is 1.00 bits per heavy atom. The van der Waals surface area contributed by atoms with Crippen molar-refractivity contribution in [3.8, 4) is 5.75 Å². The number of carbonyl (C=O) groups is 5. The van der Waals surface area contributed by atoms with Gasteiger partial charge in [0.2, 0.25) is 17.3 Å². The predicted octanol–water partition coefficient (Wildman–Crippen LogP) is 4.09. The van der Waals surface area contributed by atoms with Crippen molar-refractivity contribution >= 4 is 29.0 Å². The van der Waals surface area contributed by atoms with Gasteiger partial charge in [0.1, 0.15) is 23.2 Å². The van der Waals surface area contributed by atoms with Crippen molar-refractivity contribution in [3.05, 3.63) is 51.5 Å². The van der Waals surface area contributed by atoms with Crippen molar-refractivity contribution in [2.75, 3.05) is 7.11 Å². The maximum atomic E-state index is 15.5. The topological polar surface area (TPSA) is 312 Å². The summed E-state index contributed by atoms with van der Waals surface area (Å²) in [6, 6.07) is 1.26. The van der Waals surface area contributed by atoms with Crippen molar-refractivity contribution in [3.63, 3.8) is 0 Å². The van der Waals surface area contributed by atoms with E-state index in [9.17, 15) is 39.6 Å². The molecule has 1 aromatic rings. The number of hydrogen-bond donors (Lipinski definition) is 5. The summed E-state index contributed by atoms with van der Waals surface area (Å²) in [5.41, 5.74) is 0.936. The van der Waals surface area contributed by atoms with Crippen LogP contribution < -0.4 is 5.73 Å². The van der Waals surface area contributed by atoms with Crippen molar-refractivity contribution in [2.24, 2.45) is 11.7 Å². The molecule has 1 aromatic carbocycles. The zero-order chi connectivity index (χ0) is 56.4. The van der Waals surface area contributed by atoms with Gasteiger partial charge in [-0.15, -0.1) is 0 Å². The second kappa shape index (κ2) is 23.5. The van der Waals surface area contributed by atoms with Gasteiger partial charge >= 0.3 is 0 Å². The molecule has 79 heavy (non-hydrogen) atoms. The number of carbonyl (C=O) groups excluding carboxylic acids is 5. The lowest BCUT2D eigenvalue weighted by Crippen LogP contribution is -2.65. The Hall–Kier alpha value is -4.31. The molecule has 0 aromatic heterocycles. The predicted molar refractivity (Wildman–Crippen MR) is 269 cm³/mol. The third-order valence-electron chi connectivity index (χ3n) is 17.3. The molecule has 6 heterocycles. The Kier molecular flexibility index (Phi) is 17.2. The minimum atomic E-state index is -2.71. The average Bonchev–Trinajstić information content (AvgIpc) is 2.83. The zero-order valence-corrected chi connectivity index (χ0v) is 45.6. The molecule has 436 valence electrons. The molecule has 0 radical (unpaired) electrons. The summed E-state index contributed by atoms with van der Waals surface area (Å²) in [4.78, 5) is 70.7. The number of methoxy groups -OCH3 is 1. The number of ketones is 4. The molecule has 6 N–H and O–H groups in total. The molecule has 9 aliphatic rings. The first-order chi connectivity index (χ1) is 37.6. The summed E-state index contributed by atoms with van der Waals surface area (Å²) in [6.45, 7) is 10.9. The number of ether oxygens (including phenoxy) is 13. The number of nitrogens with two attached hydrogens (primary N) is 1. The summed E-state index contributed by atoms with van der Waals surface area (Å²) < 4.78 is 80.8. The van der Waals surface area contributed by atoms with E-state index < -0.39 is 162 Å². The smallest absolute Gasteiger partial charge is 0.255 e. The monoisotopic (exact) mass is 1110 g/mol. The number of aliphatic hydroxyl groups is 3. The maximum Gasteiger partial charge on any atom is 0.255 e. The van der Waals surface area contributed by atoms with Crippen LogP contribution >= 0.6 is 0 Å². The van der Waals surface area contributed by atoms with E-state index in [1.807, 2.05) is 20.8 Å². The van der Waals surface area contributed by atoms with Gasteiger partial charge < -0.3 is 87.7 Å². The number of rotatable bonds is 14. The summed E-state index contributed by atoms with van der Waals surface area (Å²) >= 11 is 0. The van der Waals surface area contributed by atoms with Gasteiger partial charge in [-0.3, -0.25) is 24.0 Å². The first kappa shape index (κ1) is 57.9. The van der Waals surface area contributed by atoms with Crippen molar-refractivity contribution in [1.82, 2.24) is 0 Å². The molecule has 23 heteroatoms. The molecule has 3 aliphatic carbocycles. The Morgan fingerprint density at radius 3 is 1.43 bits per heavy atom. The van der Waals surface area contributed by atoms with E-state index in [1.54, 1.807) is 20.8 Å². The second-order valence-electron chi connectivity index (χ2n) is 22.5. The van der Waals surface area contributed by atoms with Gasteiger partial charge in [0.25, 0.3) is 5.91 Å². The molecule has 10 rings (SSSR count). The standard InChI is InChI=1S/C56H75NO22/c1-23-32(58)8-14-40(68-23)74-35-10-16-42(70-25(35)3)76-36-11-17-43(71-26(36)4)77-37-12-18-44(72-27(37)5)78-52-31-21-29-20-30-47(34(60)22-39(67-7)49(30)61)50(62)46(29)53(64)56(31,54(65)48(51(52)63)55(57)66)79-45-19-13-38(28(6)73-45)75-41-15-9-33(59)24(2)69-41/h20,22-28,31-33,35-38,40-45,52,58-59,62,65H,8-19,21H2,1-7H3,(H2,57,66)/t23-,24+,25-,26-,27+,28+,31+,32-,33-,35-,36-,37-,38-,40-,41-,42-,43-,44-,45-,52+,56+/m0/s1. The van der Waals surface area contributed by atoms with Crippen LogP contribution in [0.1, 0.15) is 155 Å². The maximum absolute atomic E-state index is 15.5. The van der Waals surface area contributed by atoms with Crippen LogP contribution in [0, 0.1) is 5.92 Å². The molecule has 0 unspecified atom stereocenters. The highest BCUT2D eigenvalue weighted by atomic mass is 16.8. The number of hydrogen-bond acceptors (Lipinski definition) is 22. The van der Waals surface area contributed by atoms with E-state index >= 15 is 4.79 Å². The van der Waals surface area contributed by atoms with Gasteiger partial charge in [0, 0.05) is 56.1 Å². The number of amides is 1. The van der Waals surface area contributed by atoms with Gasteiger partial charge in [-0.1, -0.05) is 0 Å². The molecular weight excluding hydrogens is 1040 g/mol. The molecule has 23 nitrogen and oxygen atoms in total. The largest absolute Gasteiger partial charge is 0.508 e. The van der Waals surface area contributed by atoms with Gasteiger partial charge in [-0.25, -0.2) is 0 Å². The van der Waals surface area contributed by atoms with E-state index in [2.05, 4.69) is 0 Å². The summed E-state index contributed by atoms with van der Waals surface area (Å²) in [5.74, 6) is -9.03. The lowest BCUT2D eigenvalue weighted by molar-refractivity contribution is -0.316. The average molecular weight is 1110 g/mol. The fraction of sp³-hybridized carbons (Fsp3) is 0.732. The highest BCUT2D eigenvalue weighted by molar-refractivity contribution is 6.28. The fourth-order valence-corrected chi connectivity index (χ4v) is 12.7. The lowest BCUT2D eigenvalue weighted by atomic mass is 9.62. The van der Waals surface area contributed by atoms with E-state index in [0.717, 1.165) is 6.08 Å². The van der Waals surface area contributed by atoms with Gasteiger partial charge in [0.05, 0.1) is 91.5 Å². The van der Waals surface area contributed by atoms with Crippen LogP contribution in [0.2, 0.25) is 0 Å². The number of fused-ring (bicyclic) bond motifs is 3. The number of allylic oxidation sites excluding steroid dienone is 2. The van der Waals surface area contributed by atoms with Gasteiger partial charge in [-0.2, -0.15) is 0 Å². The SMILES string of the molecule is COC1=CC(=O)c2c(cc3c(c2O)C(=O)[C@@]2(O[C@H]4CC[C@H](O[C@H]5CC[C@H](O)[C@@H](C)O5)[C@@H](C)O4)C(O)=C(C(N)=O)C(=O)[C@H](O[C@H]4CC[C@H](O[C@H]5CC[C@H](O[C@H]6CC[C@H](O[C@H]7CC[C@H](O)[C@H](C)O7)[C@H](C)O6)[C@H](C)O5)[C@@H](C)O4)[C@H]2C3)C1=O. The Balaban J connectivity index is 0.832. The second-order valence-corrected chi connectivity index (χ2v) is 22.5. The van der Waals surface area contributed by atoms with Crippen LogP contribution in [0.15, 0.2) is 29.2 Å². The first-order valence-corrected chi connectivity index (χ1v) is 28.0. The van der Waals surface area contributed by atoms with Crippen LogP contribution in [0.4, 0.5) is 0 Å². The highest BCUT2D eigenvalue weighted by Crippen LogP contribution is 2.52. The van der Waals surface area contributed by atoms with Gasteiger partial charge in [0.15, 0.2) is 54.9 Å². The molecule has 0 bridgehead atoms. The number of phenolic OH excluding ortho intramolecular Hbond substituents is 1. The third-order valence-corrected chi connectivity index (χ3v) is 17.3. The number of aliphatic hydroxyl groups excluding tert-OH is 3. The number of phenols is 1. The van der Waals surface area contributed by atoms with Crippen LogP contribution in [0.25, 0.3) is 0 Å². The van der Waals surface area contributed by atoms with Crippen LogP contribution in [-0.4, -0.2) is 179 Å². The Morgan fingerprint density at radius 1 is 0.582 bits per heavy atom. The fourth-order valence-electron chi connectivity index (χ4n) is 12.7. The summed E-state index contributed by atoms with van der Waals surface area (Å²) in [6.07, 6.45) is -5.72. The van der Waals surface area contributed by atoms with Crippen LogP contribution in [0.5, 0.6) is 5.75 Å². The molecule has 0 saturated carbocycles. The lowest BCUT2D eigenvalue weighted by Gasteiger charge is -2.50. The van der Waals surface area contributed by atoms with Crippen molar-refractivity contribution < 1.29 is 106 Å². The number of benzene rings is 1. The van der Waals surface area contributed by atoms with E-state index in [0.29, 0.717) is 57.8 Å². The molecule has 6 saturated heterocycles. The highest BCUT2D eigenvalue weighted by Gasteiger charge is 2.66. The van der Waals surface area contributed by atoms with Crippen LogP contribution in [0.3, 0.4) is 0 Å². The normalized spacial score (nSPS) is 42.0. The Bertz CT molecular complexity index is 2570. The quantitative estimate of drug-likeness (QED) is 0.164. The van der Waals surface area contributed by atoms with Crippen molar-refractivity contribution in [1.29, 1.82) is 0 Å². The molecular formula is C56H75NO22. The minimum absolute atomic E-state index is 0.0154. The molecule has 21 atom stereocenters. The van der Waals surface area contributed by atoms with Gasteiger partial charge in [-0.05, 0) is 98.1 Å². The summed E-state index contributed by atoms with van der Waals surface area (Å²) in [7, 11) is 1.20. The summed E-state index contributed by atoms with van der Waals surface area (Å²) in [5, 5.41) is 44.5. The molecule has 6 fully saturated rings. The number of Topliss-reactive ketones (excluding diaryl/α,β-unsaturated/α-hetero) is 3. The van der Waals surface area contributed by atoms with E-state index in [1.165, 1.54) is 13.2 Å². The molecule has 6 aliphatic heterocycles. The number of primary amides is 1. The first-order valence-electron chi connectivity index (χ1n) is 28.0. The molecule has 1 amide bonds. The zero-order valence-electron chi connectivity index (χ0n) is 45.6. The third kappa shape index (κ3) is 11.3. The number of aromatic hydroxyl groups is 1. The minimum Gasteiger partial charge on any atom is -0.508 e.